The molecule has 5 heavy (non-hydrogen) atoms. The SMILES string of the molecule is S.[Cu].[GaH3].[InH3].[Zn]. The third-order valence-electron chi connectivity index (χ3n) is 0. The van der Waals surface area contributed by atoms with Gasteiger partial charge < -0.3 is 0 Å². The molecule has 0 atom stereocenters. The fraction of sp³-hybridized carbons (Fsp3) is 0. The Hall–Kier alpha value is 3.00. The van der Waals surface area contributed by atoms with E-state index in [0.29, 0.717) is 0 Å². The molecule has 0 aromatic heterocycles. The van der Waals surface area contributed by atoms with E-state index in [1.54, 1.807) is 0 Å². The largest absolute Gasteiger partial charge is 0 e. The minimum Gasteiger partial charge on any atom is 0 e. The summed E-state index contributed by atoms with van der Waals surface area (Å²) < 4.78 is 0. The molecule has 0 aliphatic rings. The Balaban J connectivity index is 0. The van der Waals surface area contributed by atoms with Gasteiger partial charge in [0.25, 0.3) is 0 Å². The molecular weight excluding hydrogens is 346 g/mol. The van der Waals surface area contributed by atoms with Crippen LogP contribution in [0.1, 0.15) is 0 Å². The molecule has 0 aromatic rings. The van der Waals surface area contributed by atoms with Crippen LogP contribution in [0.25, 0.3) is 0 Å². The van der Waals surface area contributed by atoms with Gasteiger partial charge in [-0.25, -0.2) is 0 Å². The molecule has 0 N–H and O–H groups in total. The molecule has 0 bridgehead atoms. The Morgan fingerprint density at radius 1 is 1.00 bits per heavy atom. The van der Waals surface area contributed by atoms with Crippen LogP contribution in [0.15, 0.2) is 0 Å². The Kier molecular flexibility index (Phi) is 244. The van der Waals surface area contributed by atoms with Gasteiger partial charge in [0.2, 0.25) is 0 Å². The van der Waals surface area contributed by atoms with Gasteiger partial charge in [-0.2, -0.15) is 13.5 Å². The second-order valence-electron chi connectivity index (χ2n) is 0. The van der Waals surface area contributed by atoms with E-state index in [1.807, 2.05) is 0 Å². The van der Waals surface area contributed by atoms with Gasteiger partial charge >= 0.3 is 45.6 Å². The van der Waals surface area contributed by atoms with Crippen molar-refractivity contribution in [2.75, 3.05) is 0 Å². The van der Waals surface area contributed by atoms with Crippen LogP contribution in [0, 0.1) is 0 Å². The zero-order chi connectivity index (χ0) is 0. The maximum Gasteiger partial charge on any atom is 0 e. The third-order valence-corrected chi connectivity index (χ3v) is 0. The van der Waals surface area contributed by atoms with E-state index in [4.69, 9.17) is 0 Å². The summed E-state index contributed by atoms with van der Waals surface area (Å²) in [6, 6.07) is 0. The van der Waals surface area contributed by atoms with Crippen molar-refractivity contribution < 1.29 is 36.5 Å². The normalized spacial score (nSPS) is 0. The smallest absolute Gasteiger partial charge is 0 e. The zero-order valence-electron chi connectivity index (χ0n) is 1.51. The van der Waals surface area contributed by atoms with Gasteiger partial charge in [-0.1, -0.05) is 0 Å². The van der Waals surface area contributed by atoms with E-state index >= 15 is 0 Å². The van der Waals surface area contributed by atoms with Crippen LogP contribution in [-0.2, 0) is 36.5 Å². The monoisotopic (exact) mass is 351 g/mol. The van der Waals surface area contributed by atoms with Gasteiger partial charge in [0.15, 0.2) is 0 Å². The molecule has 5 heteroatoms. The van der Waals surface area contributed by atoms with E-state index < -0.39 is 0 Å². The van der Waals surface area contributed by atoms with Gasteiger partial charge in [-0.3, -0.25) is 0 Å². The van der Waals surface area contributed by atoms with Gasteiger partial charge in [0.05, 0.1) is 0 Å². The molecule has 1 radical (unpaired) electrons. The van der Waals surface area contributed by atoms with Gasteiger partial charge in [0, 0.05) is 36.5 Å². The van der Waals surface area contributed by atoms with Crippen molar-refractivity contribution in [3.05, 3.63) is 0 Å². The summed E-state index contributed by atoms with van der Waals surface area (Å²) in [7, 11) is 0. The van der Waals surface area contributed by atoms with E-state index in [9.17, 15) is 0 Å². The van der Waals surface area contributed by atoms with Crippen molar-refractivity contribution in [2.45, 2.75) is 0 Å². The topological polar surface area (TPSA) is 0 Å². The Morgan fingerprint density at radius 2 is 1.00 bits per heavy atom. The van der Waals surface area contributed by atoms with Crippen molar-refractivity contribution in [1.29, 1.82) is 0 Å². The minimum absolute atomic E-state index is 0. The standard InChI is InChI=1S/Cu.Ga.In.H2S.Zn.6H/h;;;1H2;;;;;;;. The third kappa shape index (κ3) is 19.4. The summed E-state index contributed by atoms with van der Waals surface area (Å²) in [4.78, 5) is 0. The fourth-order valence-electron chi connectivity index (χ4n) is 0. The first-order chi connectivity index (χ1) is 0. The quantitative estimate of drug-likeness (QED) is 0.431. The van der Waals surface area contributed by atoms with E-state index in [-0.39, 0.29) is 95.7 Å². The van der Waals surface area contributed by atoms with Crippen LogP contribution in [0.2, 0.25) is 0 Å². The van der Waals surface area contributed by atoms with Crippen molar-refractivity contribution in [1.82, 2.24) is 0 Å². The molecule has 0 aliphatic heterocycles. The summed E-state index contributed by atoms with van der Waals surface area (Å²) in [5, 5.41) is 0. The molecule has 0 heterocycles. The van der Waals surface area contributed by atoms with Gasteiger partial charge in [-0.05, 0) is 0 Å². The molecule has 33 valence electrons. The van der Waals surface area contributed by atoms with Crippen LogP contribution >= 0.6 is 13.5 Å². The molecule has 0 unspecified atom stereocenters. The molecular formula is H8CuGaInSZn. The number of rotatable bonds is 0. The van der Waals surface area contributed by atoms with Crippen molar-refractivity contribution in [3.63, 3.8) is 0 Å². The van der Waals surface area contributed by atoms with E-state index in [2.05, 4.69) is 0 Å². The average Bonchev–Trinajstić information content (AvgIpc) is 0. The van der Waals surface area contributed by atoms with Crippen LogP contribution < -0.4 is 0 Å². The molecule has 0 amide bonds. The Bertz CT molecular complexity index is 11.6. The molecule has 0 aliphatic carbocycles. The minimum atomic E-state index is 0. The first kappa shape index (κ1) is 43.6. The molecule has 0 fully saturated rings. The summed E-state index contributed by atoms with van der Waals surface area (Å²) >= 11 is 0. The second kappa shape index (κ2) is 28.0. The molecule has 0 aromatic carbocycles. The number of hydrogen-bond acceptors (Lipinski definition) is 0. The maximum absolute atomic E-state index is 0. The fourth-order valence-corrected chi connectivity index (χ4v) is 0. The Morgan fingerprint density at radius 3 is 1.00 bits per heavy atom. The predicted molar refractivity (Wildman–Crippen MR) is 30.3 cm³/mol. The molecule has 0 saturated heterocycles. The van der Waals surface area contributed by atoms with Crippen LogP contribution in [0.5, 0.6) is 0 Å². The van der Waals surface area contributed by atoms with Gasteiger partial charge in [0.1, 0.15) is 0 Å². The van der Waals surface area contributed by atoms with Gasteiger partial charge in [-0.15, -0.1) is 0 Å². The second-order valence-corrected chi connectivity index (χ2v) is 0. The summed E-state index contributed by atoms with van der Waals surface area (Å²) in [5.74, 6) is 0. The predicted octanol–water partition coefficient (Wildman–Crippen LogP) is -2.26. The van der Waals surface area contributed by atoms with Crippen LogP contribution in [0.4, 0.5) is 0 Å². The molecule has 0 spiro atoms. The van der Waals surface area contributed by atoms with Crippen LogP contribution in [-0.4, -0.2) is 45.6 Å². The van der Waals surface area contributed by atoms with E-state index in [1.165, 1.54) is 0 Å². The van der Waals surface area contributed by atoms with Crippen LogP contribution in [0.3, 0.4) is 0 Å². The van der Waals surface area contributed by atoms with Crippen molar-refractivity contribution in [2.24, 2.45) is 0 Å². The molecule has 0 saturated carbocycles. The molecule has 0 rings (SSSR count). The van der Waals surface area contributed by atoms with Crippen molar-refractivity contribution in [3.8, 4) is 0 Å². The van der Waals surface area contributed by atoms with E-state index in [0.717, 1.165) is 0 Å². The number of hydrogen-bond donors (Lipinski definition) is 0. The summed E-state index contributed by atoms with van der Waals surface area (Å²) in [6.45, 7) is 0. The maximum atomic E-state index is 0. The first-order valence-electron chi connectivity index (χ1n) is 0. The Labute approximate surface area is 94.1 Å². The zero-order valence-corrected chi connectivity index (χ0v) is 6.42. The van der Waals surface area contributed by atoms with Crippen molar-refractivity contribution >= 4 is 59.1 Å². The average molecular weight is 354 g/mol. The summed E-state index contributed by atoms with van der Waals surface area (Å²) in [5.41, 5.74) is 0. The summed E-state index contributed by atoms with van der Waals surface area (Å²) in [6.07, 6.45) is 0. The molecule has 0 nitrogen and oxygen atoms in total. The first-order valence-corrected chi connectivity index (χ1v) is 0.